The Morgan fingerprint density at radius 3 is 1.59 bits per heavy atom. The van der Waals surface area contributed by atoms with Gasteiger partial charge in [-0.15, -0.1) is 0 Å². The van der Waals surface area contributed by atoms with E-state index in [0.29, 0.717) is 0 Å². The average molecular weight is 821 g/mol. The lowest BCUT2D eigenvalue weighted by Crippen LogP contribution is -2.14. The number of para-hydroxylation sites is 3. The van der Waals surface area contributed by atoms with Crippen LogP contribution in [-0.2, 0) is 10.8 Å². The molecule has 0 spiro atoms. The Morgan fingerprint density at radius 1 is 0.391 bits per heavy atom. The number of hydrogen-bond acceptors (Lipinski definition) is 2. The summed E-state index contributed by atoms with van der Waals surface area (Å²) in [5, 5.41) is 2.22. The van der Waals surface area contributed by atoms with Gasteiger partial charge in [0.15, 0.2) is 0 Å². The first-order valence-electron chi connectivity index (χ1n) is 22.4. The van der Waals surface area contributed by atoms with E-state index in [1.807, 2.05) is 0 Å². The van der Waals surface area contributed by atoms with Gasteiger partial charge in [0.05, 0.1) is 11.0 Å². The predicted molar refractivity (Wildman–Crippen MR) is 265 cm³/mol. The molecule has 0 aliphatic heterocycles. The van der Waals surface area contributed by atoms with Gasteiger partial charge in [-0.2, -0.15) is 0 Å². The zero-order chi connectivity index (χ0) is 42.9. The molecule has 64 heavy (non-hydrogen) atoms. The Kier molecular flexibility index (Phi) is 7.71. The quantitative estimate of drug-likeness (QED) is 0.173. The Labute approximate surface area is 372 Å². The van der Waals surface area contributed by atoms with Crippen LogP contribution in [0.3, 0.4) is 0 Å². The second kappa shape index (κ2) is 13.4. The Bertz CT molecular complexity index is 3710. The molecule has 0 saturated carbocycles. The summed E-state index contributed by atoms with van der Waals surface area (Å²) in [5.74, 6) is 0.912. The predicted octanol–water partition coefficient (Wildman–Crippen LogP) is 16.2. The van der Waals surface area contributed by atoms with E-state index in [0.717, 1.165) is 66.7 Å². The van der Waals surface area contributed by atoms with Crippen molar-refractivity contribution in [3.05, 3.63) is 216 Å². The molecule has 0 unspecified atom stereocenters. The maximum Gasteiger partial charge on any atom is 0.145 e. The van der Waals surface area contributed by atoms with Crippen molar-refractivity contribution >= 4 is 33.0 Å². The summed E-state index contributed by atoms with van der Waals surface area (Å²) in [7, 11) is 0. The van der Waals surface area contributed by atoms with Gasteiger partial charge in [0, 0.05) is 38.4 Å². The molecule has 0 N–H and O–H groups in total. The van der Waals surface area contributed by atoms with Crippen LogP contribution < -0.4 is 0 Å². The highest BCUT2D eigenvalue weighted by Crippen LogP contribution is 2.52. The monoisotopic (exact) mass is 820 g/mol. The van der Waals surface area contributed by atoms with E-state index in [-0.39, 0.29) is 10.8 Å². The third kappa shape index (κ3) is 5.31. The van der Waals surface area contributed by atoms with E-state index in [1.165, 1.54) is 61.2 Å². The molecule has 304 valence electrons. The maximum atomic E-state index is 6.93. The number of rotatable bonds is 5. The van der Waals surface area contributed by atoms with Crippen molar-refractivity contribution in [1.82, 2.24) is 9.55 Å². The van der Waals surface area contributed by atoms with E-state index >= 15 is 0 Å². The minimum absolute atomic E-state index is 0.0757. The number of aromatic nitrogens is 2. The summed E-state index contributed by atoms with van der Waals surface area (Å²) in [6.07, 6.45) is 0. The Balaban J connectivity index is 0.981. The lowest BCUT2D eigenvalue weighted by molar-refractivity contribution is 0.660. The zero-order valence-corrected chi connectivity index (χ0v) is 36.3. The lowest BCUT2D eigenvalue weighted by Gasteiger charge is -2.22. The van der Waals surface area contributed by atoms with Gasteiger partial charge < -0.3 is 4.42 Å². The van der Waals surface area contributed by atoms with Gasteiger partial charge in [-0.25, -0.2) is 4.98 Å². The van der Waals surface area contributed by atoms with Gasteiger partial charge in [0.2, 0.25) is 0 Å². The number of furan rings is 1. The number of hydrogen-bond donors (Lipinski definition) is 0. The molecule has 0 bridgehead atoms. The minimum atomic E-state index is -0.107. The fourth-order valence-corrected chi connectivity index (χ4v) is 11.1. The average Bonchev–Trinajstić information content (AvgIpc) is 4.04. The van der Waals surface area contributed by atoms with Crippen molar-refractivity contribution < 1.29 is 4.42 Å². The highest BCUT2D eigenvalue weighted by Gasteiger charge is 2.36. The van der Waals surface area contributed by atoms with Gasteiger partial charge in [-0.1, -0.05) is 161 Å². The molecule has 0 amide bonds. The van der Waals surface area contributed by atoms with Crippen molar-refractivity contribution in [1.29, 1.82) is 0 Å². The fourth-order valence-electron chi connectivity index (χ4n) is 11.1. The number of nitrogens with zero attached hydrogens (tertiary/aromatic N) is 2. The van der Waals surface area contributed by atoms with Crippen LogP contribution in [0.15, 0.2) is 199 Å². The first-order valence-corrected chi connectivity index (χ1v) is 22.4. The third-order valence-electron chi connectivity index (χ3n) is 14.4. The lowest BCUT2D eigenvalue weighted by atomic mass is 9.81. The fraction of sp³-hybridized carbons (Fsp3) is 0.0984. The van der Waals surface area contributed by atoms with E-state index in [4.69, 9.17) is 9.40 Å². The van der Waals surface area contributed by atoms with Crippen molar-refractivity contribution in [2.45, 2.75) is 38.5 Å². The number of benzene rings is 9. The third-order valence-corrected chi connectivity index (χ3v) is 14.4. The molecule has 9 aromatic carbocycles. The van der Waals surface area contributed by atoms with Crippen LogP contribution in [-0.4, -0.2) is 9.55 Å². The molecule has 2 aliphatic rings. The zero-order valence-electron chi connectivity index (χ0n) is 36.3. The maximum absolute atomic E-state index is 6.93. The molecule has 3 heteroatoms. The number of imidazole rings is 1. The Hall–Kier alpha value is -7.75. The van der Waals surface area contributed by atoms with Gasteiger partial charge in [0.25, 0.3) is 0 Å². The second-order valence-electron chi connectivity index (χ2n) is 18.7. The van der Waals surface area contributed by atoms with Gasteiger partial charge in [-0.05, 0) is 133 Å². The van der Waals surface area contributed by atoms with E-state index in [2.05, 4.69) is 226 Å². The SMILES string of the molecule is CC1(C)c2ccccc2-c2ccc(-c3ccc4oc5c(-c6ccc(-c7nc8ccccc8n7-c7ccccc7)cc6)cc(-c6ccc7c(c6)C(C)(C)c6ccccc6-7)cc5c4c3)cc21. The van der Waals surface area contributed by atoms with Crippen molar-refractivity contribution in [3.63, 3.8) is 0 Å². The van der Waals surface area contributed by atoms with Crippen LogP contribution in [0.1, 0.15) is 49.9 Å². The normalized spacial score (nSPS) is 14.2. The molecule has 0 saturated heterocycles. The summed E-state index contributed by atoms with van der Waals surface area (Å²) >= 11 is 0. The molecule has 11 aromatic rings. The molecule has 0 atom stereocenters. The van der Waals surface area contributed by atoms with E-state index < -0.39 is 0 Å². The van der Waals surface area contributed by atoms with Crippen molar-refractivity contribution in [3.8, 4) is 72.7 Å². The largest absolute Gasteiger partial charge is 0.455 e. The van der Waals surface area contributed by atoms with E-state index in [9.17, 15) is 0 Å². The van der Waals surface area contributed by atoms with Crippen LogP contribution >= 0.6 is 0 Å². The van der Waals surface area contributed by atoms with Crippen molar-refractivity contribution in [2.24, 2.45) is 0 Å². The van der Waals surface area contributed by atoms with Crippen LogP contribution in [0.4, 0.5) is 0 Å². The highest BCUT2D eigenvalue weighted by atomic mass is 16.3. The molecule has 2 aromatic heterocycles. The Morgan fingerprint density at radius 2 is 0.906 bits per heavy atom. The standard InChI is InChI=1S/C61H44N2O/c1-60(2)51-18-10-8-16-44(51)46-29-26-40(35-53(46)60)39-28-31-57-49(32-39)50-34-42(41-27-30-47-45-17-9-11-19-52(45)61(3,4)54(47)36-41)33-48(58(50)64-57)37-22-24-38(25-23-37)59-62-55-20-12-13-21-56(55)63(59)43-14-6-5-7-15-43/h5-36H,1-4H3. The van der Waals surface area contributed by atoms with Crippen LogP contribution in [0.25, 0.3) is 106 Å². The summed E-state index contributed by atoms with van der Waals surface area (Å²) in [4.78, 5) is 5.16. The van der Waals surface area contributed by atoms with Gasteiger partial charge >= 0.3 is 0 Å². The molecule has 0 radical (unpaired) electrons. The van der Waals surface area contributed by atoms with Gasteiger partial charge in [0.1, 0.15) is 17.0 Å². The second-order valence-corrected chi connectivity index (χ2v) is 18.7. The van der Waals surface area contributed by atoms with E-state index in [1.54, 1.807) is 0 Å². The summed E-state index contributed by atoms with van der Waals surface area (Å²) in [5.41, 5.74) is 23.5. The van der Waals surface area contributed by atoms with Crippen LogP contribution in [0.2, 0.25) is 0 Å². The first-order chi connectivity index (χ1) is 31.2. The molecule has 2 aliphatic carbocycles. The molecule has 3 nitrogen and oxygen atoms in total. The van der Waals surface area contributed by atoms with Gasteiger partial charge in [-0.3, -0.25) is 4.57 Å². The summed E-state index contributed by atoms with van der Waals surface area (Å²) < 4.78 is 9.19. The summed E-state index contributed by atoms with van der Waals surface area (Å²) in [6.45, 7) is 9.41. The summed E-state index contributed by atoms with van der Waals surface area (Å²) in [6, 6.07) is 70.9. The highest BCUT2D eigenvalue weighted by molar-refractivity contribution is 6.12. The first kappa shape index (κ1) is 36.9. The molecule has 2 heterocycles. The molecule has 0 fully saturated rings. The smallest absolute Gasteiger partial charge is 0.145 e. The van der Waals surface area contributed by atoms with Crippen molar-refractivity contribution in [2.75, 3.05) is 0 Å². The topological polar surface area (TPSA) is 31.0 Å². The molecular weight excluding hydrogens is 777 g/mol. The molecule has 13 rings (SSSR count). The molecular formula is C61H44N2O. The number of fused-ring (bicyclic) bond motifs is 10. The van der Waals surface area contributed by atoms with Crippen LogP contribution in [0, 0.1) is 0 Å². The van der Waals surface area contributed by atoms with Crippen LogP contribution in [0.5, 0.6) is 0 Å². The minimum Gasteiger partial charge on any atom is -0.455 e.